The van der Waals surface area contributed by atoms with Crippen LogP contribution in [-0.4, -0.2) is 34.2 Å². The zero-order valence-corrected chi connectivity index (χ0v) is 17.0. The number of aryl methyl sites for hydroxylation is 2. The predicted molar refractivity (Wildman–Crippen MR) is 109 cm³/mol. The van der Waals surface area contributed by atoms with Gasteiger partial charge in [0.25, 0.3) is 5.56 Å². The highest BCUT2D eigenvalue weighted by Crippen LogP contribution is 2.15. The number of hydrogen-bond acceptors (Lipinski definition) is 6. The molecule has 0 aliphatic carbocycles. The summed E-state index contributed by atoms with van der Waals surface area (Å²) in [5.74, 6) is -0.873. The van der Waals surface area contributed by atoms with Gasteiger partial charge in [-0.25, -0.2) is 18.2 Å². The maximum absolute atomic E-state index is 12.4. The molecular formula is C19H20N4O5S. The van der Waals surface area contributed by atoms with E-state index in [2.05, 4.69) is 10.3 Å². The molecule has 1 N–H and O–H groups in total. The van der Waals surface area contributed by atoms with Gasteiger partial charge < -0.3 is 5.32 Å². The standard InChI is InChI=1S/C19H20N4O5S/c1-12-4-6-14(7-5-12)29(27,28)9-8-16(24)21-13-10-15-17(20-11-13)22(2)19(26)23(3)18(15)25/h4-7,10-11H,8-9H2,1-3H3,(H,21,24). The van der Waals surface area contributed by atoms with Gasteiger partial charge in [-0.1, -0.05) is 17.7 Å². The SMILES string of the molecule is Cc1ccc(S(=O)(=O)CCC(=O)Nc2cnc3c(c2)c(=O)n(C)c(=O)n3C)cc1. The number of sulfone groups is 1. The van der Waals surface area contributed by atoms with Gasteiger partial charge in [-0.2, -0.15) is 0 Å². The number of nitrogens with zero attached hydrogens (tertiary/aromatic N) is 3. The molecule has 0 spiro atoms. The van der Waals surface area contributed by atoms with E-state index in [-0.39, 0.29) is 33.8 Å². The van der Waals surface area contributed by atoms with Crippen molar-refractivity contribution in [2.24, 2.45) is 14.1 Å². The van der Waals surface area contributed by atoms with E-state index < -0.39 is 27.0 Å². The first-order valence-electron chi connectivity index (χ1n) is 8.75. The Labute approximate surface area is 166 Å². The van der Waals surface area contributed by atoms with Crippen LogP contribution in [0.1, 0.15) is 12.0 Å². The van der Waals surface area contributed by atoms with E-state index in [9.17, 15) is 22.8 Å². The van der Waals surface area contributed by atoms with Crippen molar-refractivity contribution in [3.05, 3.63) is 62.9 Å². The molecule has 1 amide bonds. The first kappa shape index (κ1) is 20.5. The maximum Gasteiger partial charge on any atom is 0.332 e. The maximum atomic E-state index is 12.4. The van der Waals surface area contributed by atoms with Crippen LogP contribution in [0.25, 0.3) is 11.0 Å². The van der Waals surface area contributed by atoms with E-state index in [1.165, 1.54) is 43.1 Å². The van der Waals surface area contributed by atoms with Crippen LogP contribution in [0.15, 0.2) is 51.0 Å². The molecule has 3 rings (SSSR count). The average molecular weight is 416 g/mol. The highest BCUT2D eigenvalue weighted by Gasteiger charge is 2.17. The molecule has 0 saturated carbocycles. The molecule has 0 aliphatic rings. The summed E-state index contributed by atoms with van der Waals surface area (Å²) in [5.41, 5.74) is 0.333. The summed E-state index contributed by atoms with van der Waals surface area (Å²) in [7, 11) is -0.746. The monoisotopic (exact) mass is 416 g/mol. The smallest absolute Gasteiger partial charge is 0.325 e. The van der Waals surface area contributed by atoms with E-state index in [0.29, 0.717) is 0 Å². The number of fused-ring (bicyclic) bond motifs is 1. The van der Waals surface area contributed by atoms with E-state index in [4.69, 9.17) is 0 Å². The van der Waals surface area contributed by atoms with Crippen LogP contribution in [0.5, 0.6) is 0 Å². The van der Waals surface area contributed by atoms with Crippen LogP contribution in [0.4, 0.5) is 5.69 Å². The van der Waals surface area contributed by atoms with Gasteiger partial charge in [0.1, 0.15) is 5.65 Å². The lowest BCUT2D eigenvalue weighted by Crippen LogP contribution is -2.37. The largest absolute Gasteiger partial charge is 0.332 e. The van der Waals surface area contributed by atoms with Gasteiger partial charge in [0.05, 0.1) is 27.9 Å². The van der Waals surface area contributed by atoms with Gasteiger partial charge in [0.2, 0.25) is 5.91 Å². The molecule has 0 saturated heterocycles. The predicted octanol–water partition coefficient (Wildman–Crippen LogP) is 0.743. The lowest BCUT2D eigenvalue weighted by Gasteiger charge is -2.09. The summed E-state index contributed by atoms with van der Waals surface area (Å²) in [4.78, 5) is 40.7. The Morgan fingerprint density at radius 2 is 1.76 bits per heavy atom. The lowest BCUT2D eigenvalue weighted by atomic mass is 10.2. The van der Waals surface area contributed by atoms with Crippen LogP contribution in [-0.2, 0) is 28.7 Å². The Morgan fingerprint density at radius 1 is 1.10 bits per heavy atom. The molecule has 10 heteroatoms. The van der Waals surface area contributed by atoms with Crippen molar-refractivity contribution in [3.8, 4) is 0 Å². The minimum absolute atomic E-state index is 0.160. The van der Waals surface area contributed by atoms with Gasteiger partial charge in [-0.15, -0.1) is 0 Å². The number of benzene rings is 1. The molecule has 0 unspecified atom stereocenters. The number of aromatic nitrogens is 3. The van der Waals surface area contributed by atoms with Crippen molar-refractivity contribution in [1.82, 2.24) is 14.1 Å². The highest BCUT2D eigenvalue weighted by molar-refractivity contribution is 7.91. The summed E-state index contributed by atoms with van der Waals surface area (Å²) in [5, 5.41) is 2.71. The van der Waals surface area contributed by atoms with Crippen molar-refractivity contribution in [2.75, 3.05) is 11.1 Å². The molecule has 1 aromatic carbocycles. The second-order valence-electron chi connectivity index (χ2n) is 6.73. The van der Waals surface area contributed by atoms with Crippen LogP contribution in [0.3, 0.4) is 0 Å². The third-order valence-electron chi connectivity index (χ3n) is 4.55. The van der Waals surface area contributed by atoms with Crippen molar-refractivity contribution >= 4 is 32.5 Å². The summed E-state index contributed by atoms with van der Waals surface area (Å²) in [6.45, 7) is 1.85. The van der Waals surface area contributed by atoms with Crippen molar-refractivity contribution in [1.29, 1.82) is 0 Å². The van der Waals surface area contributed by atoms with E-state index in [0.717, 1.165) is 10.1 Å². The zero-order valence-electron chi connectivity index (χ0n) is 16.2. The van der Waals surface area contributed by atoms with Gasteiger partial charge in [0.15, 0.2) is 9.84 Å². The Kier molecular flexibility index (Phi) is 5.38. The molecule has 2 heterocycles. The summed E-state index contributed by atoms with van der Waals surface area (Å²) >= 11 is 0. The highest BCUT2D eigenvalue weighted by atomic mass is 32.2. The molecular weight excluding hydrogens is 396 g/mol. The lowest BCUT2D eigenvalue weighted by molar-refractivity contribution is -0.115. The number of rotatable bonds is 5. The molecule has 152 valence electrons. The van der Waals surface area contributed by atoms with Crippen molar-refractivity contribution in [2.45, 2.75) is 18.2 Å². The Bertz CT molecular complexity index is 1320. The quantitative estimate of drug-likeness (QED) is 0.655. The molecule has 0 radical (unpaired) electrons. The first-order valence-corrected chi connectivity index (χ1v) is 10.4. The summed E-state index contributed by atoms with van der Waals surface area (Å²) < 4.78 is 26.9. The van der Waals surface area contributed by atoms with Crippen LogP contribution in [0, 0.1) is 6.92 Å². The molecule has 29 heavy (non-hydrogen) atoms. The van der Waals surface area contributed by atoms with Crippen LogP contribution < -0.4 is 16.6 Å². The number of anilines is 1. The number of carbonyl (C=O) groups excluding carboxylic acids is 1. The second kappa shape index (κ2) is 7.63. The fraction of sp³-hybridized carbons (Fsp3) is 0.263. The molecule has 3 aromatic rings. The van der Waals surface area contributed by atoms with E-state index >= 15 is 0 Å². The fourth-order valence-electron chi connectivity index (χ4n) is 2.85. The summed E-state index contributed by atoms with van der Waals surface area (Å²) in [6, 6.07) is 7.82. The number of hydrogen-bond donors (Lipinski definition) is 1. The summed E-state index contributed by atoms with van der Waals surface area (Å²) in [6.07, 6.45) is 1.06. The number of nitrogens with one attached hydrogen (secondary N) is 1. The first-order chi connectivity index (χ1) is 13.6. The van der Waals surface area contributed by atoms with Crippen molar-refractivity contribution < 1.29 is 13.2 Å². The number of pyridine rings is 1. The van der Waals surface area contributed by atoms with Gasteiger partial charge in [-0.05, 0) is 25.1 Å². The minimum Gasteiger partial charge on any atom is -0.325 e. The average Bonchev–Trinajstić information content (AvgIpc) is 2.69. The number of amides is 1. The Balaban J connectivity index is 1.77. The van der Waals surface area contributed by atoms with E-state index in [1.807, 2.05) is 6.92 Å². The fourth-order valence-corrected chi connectivity index (χ4v) is 4.09. The third-order valence-corrected chi connectivity index (χ3v) is 6.29. The molecule has 2 aromatic heterocycles. The molecule has 0 fully saturated rings. The van der Waals surface area contributed by atoms with Crippen molar-refractivity contribution in [3.63, 3.8) is 0 Å². The Morgan fingerprint density at radius 3 is 2.41 bits per heavy atom. The molecule has 9 nitrogen and oxygen atoms in total. The molecule has 0 aliphatic heterocycles. The second-order valence-corrected chi connectivity index (χ2v) is 8.84. The van der Waals surface area contributed by atoms with Crippen LogP contribution >= 0.6 is 0 Å². The van der Waals surface area contributed by atoms with E-state index in [1.54, 1.807) is 12.1 Å². The van der Waals surface area contributed by atoms with Gasteiger partial charge in [0, 0.05) is 20.5 Å². The Hall–Kier alpha value is -3.27. The third kappa shape index (κ3) is 4.11. The van der Waals surface area contributed by atoms with Gasteiger partial charge in [-0.3, -0.25) is 18.7 Å². The van der Waals surface area contributed by atoms with Crippen LogP contribution in [0.2, 0.25) is 0 Å². The zero-order chi connectivity index (χ0) is 21.3. The normalized spacial score (nSPS) is 11.6. The minimum atomic E-state index is -3.59. The number of carbonyl (C=O) groups is 1. The molecule has 0 bridgehead atoms. The van der Waals surface area contributed by atoms with Gasteiger partial charge >= 0.3 is 5.69 Å². The topological polar surface area (TPSA) is 120 Å². The molecule has 0 atom stereocenters.